The van der Waals surface area contributed by atoms with Gasteiger partial charge in [0.1, 0.15) is 5.82 Å². The molecule has 0 bridgehead atoms. The van der Waals surface area contributed by atoms with Gasteiger partial charge in [-0.2, -0.15) is 0 Å². The minimum atomic E-state index is -1.00. The highest BCUT2D eigenvalue weighted by molar-refractivity contribution is 5.89. The number of nitrogens with two attached hydrogens (primary N) is 1. The first-order valence-corrected chi connectivity index (χ1v) is 6.75. The van der Waals surface area contributed by atoms with E-state index in [9.17, 15) is 9.59 Å². The Balaban J connectivity index is 3.12. The van der Waals surface area contributed by atoms with E-state index in [2.05, 4.69) is 4.98 Å². The molecule has 20 heavy (non-hydrogen) atoms. The number of carbonyl (C=O) groups is 2. The molecule has 1 aromatic heterocycles. The summed E-state index contributed by atoms with van der Waals surface area (Å²) >= 11 is 0. The van der Waals surface area contributed by atoms with Gasteiger partial charge in [-0.1, -0.05) is 20.3 Å². The maximum absolute atomic E-state index is 11.2. The first-order chi connectivity index (χ1) is 9.47. The molecule has 0 fully saturated rings. The van der Waals surface area contributed by atoms with Gasteiger partial charge in [0.2, 0.25) is 5.91 Å². The zero-order valence-corrected chi connectivity index (χ0v) is 11.9. The van der Waals surface area contributed by atoms with Gasteiger partial charge in [0.25, 0.3) is 0 Å². The Morgan fingerprint density at radius 3 is 2.55 bits per heavy atom. The van der Waals surface area contributed by atoms with Gasteiger partial charge in [0.15, 0.2) is 0 Å². The number of anilines is 1. The number of carboxylic acids is 1. The number of carbonyl (C=O) groups excluding carboxylic acids is 1. The fourth-order valence-corrected chi connectivity index (χ4v) is 1.85. The standard InChI is InChI=1S/C14H21N3O3/c1-3-5-6-17(9-12(15)18)13-8-10(14(19)20)7-11(4-2)16-13/h7-8H,3-6,9H2,1-2H3,(H2,15,18)(H,19,20). The number of unbranched alkanes of at least 4 members (excludes halogenated alkanes) is 1. The minimum Gasteiger partial charge on any atom is -0.478 e. The molecule has 0 aromatic carbocycles. The molecule has 0 atom stereocenters. The molecule has 0 saturated heterocycles. The van der Waals surface area contributed by atoms with Crippen molar-refractivity contribution in [1.29, 1.82) is 0 Å². The lowest BCUT2D eigenvalue weighted by atomic mass is 10.2. The first kappa shape index (κ1) is 15.9. The average Bonchev–Trinajstić information content (AvgIpc) is 2.42. The molecule has 1 amide bonds. The van der Waals surface area contributed by atoms with Crippen LogP contribution in [0.2, 0.25) is 0 Å². The fourth-order valence-electron chi connectivity index (χ4n) is 1.85. The summed E-state index contributed by atoms with van der Waals surface area (Å²) in [5.74, 6) is -0.964. The third-order valence-corrected chi connectivity index (χ3v) is 2.93. The summed E-state index contributed by atoms with van der Waals surface area (Å²) in [6.07, 6.45) is 2.48. The highest BCUT2D eigenvalue weighted by Crippen LogP contribution is 2.16. The van der Waals surface area contributed by atoms with E-state index in [1.807, 2.05) is 13.8 Å². The summed E-state index contributed by atoms with van der Waals surface area (Å²) in [5.41, 5.74) is 6.11. The van der Waals surface area contributed by atoms with Gasteiger partial charge < -0.3 is 15.7 Å². The molecule has 1 rings (SSSR count). The number of rotatable bonds is 8. The van der Waals surface area contributed by atoms with Crippen molar-refractivity contribution < 1.29 is 14.7 Å². The van der Waals surface area contributed by atoms with Crippen molar-refractivity contribution in [3.05, 3.63) is 23.4 Å². The molecule has 0 aliphatic carbocycles. The van der Waals surface area contributed by atoms with Crippen LogP contribution in [0.25, 0.3) is 0 Å². The summed E-state index contributed by atoms with van der Waals surface area (Å²) < 4.78 is 0. The van der Waals surface area contributed by atoms with Crippen LogP contribution < -0.4 is 10.6 Å². The van der Waals surface area contributed by atoms with E-state index in [1.165, 1.54) is 6.07 Å². The molecule has 0 unspecified atom stereocenters. The second-order valence-electron chi connectivity index (χ2n) is 4.61. The smallest absolute Gasteiger partial charge is 0.335 e. The topological polar surface area (TPSA) is 96.5 Å². The molecule has 1 aromatic rings. The molecular formula is C14H21N3O3. The Morgan fingerprint density at radius 1 is 1.35 bits per heavy atom. The van der Waals surface area contributed by atoms with Crippen LogP contribution in [0.3, 0.4) is 0 Å². The van der Waals surface area contributed by atoms with E-state index in [4.69, 9.17) is 10.8 Å². The first-order valence-electron chi connectivity index (χ1n) is 6.75. The van der Waals surface area contributed by atoms with Crippen LogP contribution in [0.15, 0.2) is 12.1 Å². The zero-order chi connectivity index (χ0) is 15.1. The predicted molar refractivity (Wildman–Crippen MR) is 76.9 cm³/mol. The highest BCUT2D eigenvalue weighted by atomic mass is 16.4. The number of hydrogen-bond acceptors (Lipinski definition) is 4. The van der Waals surface area contributed by atoms with Crippen LogP contribution in [0, 0.1) is 0 Å². The number of aromatic nitrogens is 1. The van der Waals surface area contributed by atoms with Crippen molar-refractivity contribution in [3.8, 4) is 0 Å². The molecule has 6 nitrogen and oxygen atoms in total. The van der Waals surface area contributed by atoms with E-state index in [0.717, 1.165) is 12.8 Å². The number of nitrogens with zero attached hydrogens (tertiary/aromatic N) is 2. The van der Waals surface area contributed by atoms with Gasteiger partial charge in [0, 0.05) is 12.2 Å². The Morgan fingerprint density at radius 2 is 2.05 bits per heavy atom. The quantitative estimate of drug-likeness (QED) is 0.750. The van der Waals surface area contributed by atoms with Crippen molar-refractivity contribution in [1.82, 2.24) is 4.98 Å². The van der Waals surface area contributed by atoms with Crippen molar-refractivity contribution in [3.63, 3.8) is 0 Å². The zero-order valence-electron chi connectivity index (χ0n) is 11.9. The number of hydrogen-bond donors (Lipinski definition) is 2. The molecule has 6 heteroatoms. The summed E-state index contributed by atoms with van der Waals surface area (Å²) in [7, 11) is 0. The highest BCUT2D eigenvalue weighted by Gasteiger charge is 2.14. The third kappa shape index (κ3) is 4.53. The van der Waals surface area contributed by atoms with Crippen LogP contribution >= 0.6 is 0 Å². The molecule has 0 aliphatic heterocycles. The van der Waals surface area contributed by atoms with E-state index >= 15 is 0 Å². The van der Waals surface area contributed by atoms with Gasteiger partial charge in [-0.25, -0.2) is 9.78 Å². The molecule has 110 valence electrons. The SMILES string of the molecule is CCCCN(CC(N)=O)c1cc(C(=O)O)cc(CC)n1. The normalized spacial score (nSPS) is 10.3. The van der Waals surface area contributed by atoms with Crippen molar-refractivity contribution in [2.24, 2.45) is 5.73 Å². The van der Waals surface area contributed by atoms with Crippen LogP contribution in [0.5, 0.6) is 0 Å². The molecule has 0 saturated carbocycles. The number of primary amides is 1. The number of aryl methyl sites for hydroxylation is 1. The monoisotopic (exact) mass is 279 g/mol. The molecule has 0 radical (unpaired) electrons. The van der Waals surface area contributed by atoms with Crippen molar-refractivity contribution in [2.45, 2.75) is 33.1 Å². The van der Waals surface area contributed by atoms with E-state index in [1.54, 1.807) is 11.0 Å². The maximum atomic E-state index is 11.2. The number of pyridine rings is 1. The lowest BCUT2D eigenvalue weighted by Crippen LogP contribution is -2.35. The predicted octanol–water partition coefficient (Wildman–Crippen LogP) is 1.43. The van der Waals surface area contributed by atoms with Gasteiger partial charge in [0.05, 0.1) is 12.1 Å². The lowest BCUT2D eigenvalue weighted by molar-refractivity contribution is -0.116. The average molecular weight is 279 g/mol. The third-order valence-electron chi connectivity index (χ3n) is 2.93. The molecule has 3 N–H and O–H groups in total. The van der Waals surface area contributed by atoms with Gasteiger partial charge in [-0.15, -0.1) is 0 Å². The molecule has 1 heterocycles. The largest absolute Gasteiger partial charge is 0.478 e. The van der Waals surface area contributed by atoms with E-state index < -0.39 is 11.9 Å². The van der Waals surface area contributed by atoms with Gasteiger partial charge in [-0.3, -0.25) is 4.79 Å². The van der Waals surface area contributed by atoms with E-state index in [0.29, 0.717) is 24.5 Å². The van der Waals surface area contributed by atoms with Crippen LogP contribution in [-0.2, 0) is 11.2 Å². The molecule has 0 aliphatic rings. The van der Waals surface area contributed by atoms with Crippen LogP contribution in [-0.4, -0.2) is 35.1 Å². The number of carboxylic acid groups (broad SMARTS) is 1. The van der Waals surface area contributed by atoms with Crippen LogP contribution in [0.4, 0.5) is 5.82 Å². The Kier molecular flexibility index (Phi) is 5.96. The van der Waals surface area contributed by atoms with Gasteiger partial charge in [-0.05, 0) is 25.0 Å². The minimum absolute atomic E-state index is 0.0409. The van der Waals surface area contributed by atoms with Crippen LogP contribution in [0.1, 0.15) is 42.7 Å². The molecular weight excluding hydrogens is 258 g/mol. The summed E-state index contributed by atoms with van der Waals surface area (Å²) in [5, 5.41) is 9.13. The van der Waals surface area contributed by atoms with E-state index in [-0.39, 0.29) is 12.1 Å². The number of amides is 1. The Bertz CT molecular complexity index is 489. The Hall–Kier alpha value is -2.11. The number of aromatic carboxylic acids is 1. The Labute approximate surface area is 118 Å². The summed E-state index contributed by atoms with van der Waals surface area (Å²) in [6, 6.07) is 3.04. The summed E-state index contributed by atoms with van der Waals surface area (Å²) in [6.45, 7) is 4.61. The van der Waals surface area contributed by atoms with Crippen molar-refractivity contribution in [2.75, 3.05) is 18.0 Å². The van der Waals surface area contributed by atoms with Gasteiger partial charge >= 0.3 is 5.97 Å². The lowest BCUT2D eigenvalue weighted by Gasteiger charge is -2.23. The maximum Gasteiger partial charge on any atom is 0.335 e. The van der Waals surface area contributed by atoms with Crippen molar-refractivity contribution >= 4 is 17.7 Å². The second kappa shape index (κ2) is 7.47. The molecule has 0 spiro atoms. The fraction of sp³-hybridized carbons (Fsp3) is 0.500. The second-order valence-corrected chi connectivity index (χ2v) is 4.61. The summed E-state index contributed by atoms with van der Waals surface area (Å²) in [4.78, 5) is 28.4.